The van der Waals surface area contributed by atoms with Crippen molar-refractivity contribution in [2.45, 2.75) is 91.5 Å². The second-order valence-corrected chi connectivity index (χ2v) is 16.5. The monoisotopic (exact) mass is 475 g/mol. The minimum absolute atomic E-state index is 0.160. The molecule has 1 unspecified atom stereocenters. The maximum atomic E-state index is 6.47. The third kappa shape index (κ3) is 6.00. The first-order chi connectivity index (χ1) is 14.4. The van der Waals surface area contributed by atoms with Crippen LogP contribution >= 0.6 is 0 Å². The van der Waals surface area contributed by atoms with E-state index < -0.39 is 8.32 Å². The molecular weight excluding hydrogens is 435 g/mol. The standard InChI is InChI=1S/C24H41NO3Si3/c1-18(24(5,6)22(27-29-7)28-30-8)20-13-11-12-19-14-15-25(21(19)20)16-17-26-31(9,10)23(2,3)4/h11-15,18,22H,16-17H2,1-10H3. The van der Waals surface area contributed by atoms with Gasteiger partial charge in [-0.3, -0.25) is 0 Å². The molecule has 0 N–H and O–H groups in total. The topological polar surface area (TPSA) is 32.6 Å². The van der Waals surface area contributed by atoms with Gasteiger partial charge in [0, 0.05) is 18.2 Å². The number of hydrogen-bond donors (Lipinski definition) is 0. The van der Waals surface area contributed by atoms with Gasteiger partial charge in [-0.25, -0.2) is 0 Å². The lowest BCUT2D eigenvalue weighted by Crippen LogP contribution is -2.41. The molecule has 0 bridgehead atoms. The van der Waals surface area contributed by atoms with Crippen LogP contribution in [0.3, 0.4) is 0 Å². The molecule has 0 saturated carbocycles. The van der Waals surface area contributed by atoms with Gasteiger partial charge in [0.2, 0.25) is 19.5 Å². The molecule has 1 aromatic heterocycles. The lowest BCUT2D eigenvalue weighted by molar-refractivity contribution is -0.0880. The summed E-state index contributed by atoms with van der Waals surface area (Å²) in [6, 6.07) is 8.85. The fourth-order valence-electron chi connectivity index (χ4n) is 3.59. The summed E-state index contributed by atoms with van der Waals surface area (Å²) in [5.41, 5.74) is 2.49. The molecular formula is C24H41NO3Si3. The van der Waals surface area contributed by atoms with E-state index >= 15 is 0 Å². The molecule has 2 rings (SSSR count). The molecule has 0 amide bonds. The number of fused-ring (bicyclic) bond motifs is 1. The van der Waals surface area contributed by atoms with Crippen LogP contribution in [0.1, 0.15) is 53.0 Å². The maximum absolute atomic E-state index is 6.47. The predicted octanol–water partition coefficient (Wildman–Crippen LogP) is 6.49. The van der Waals surface area contributed by atoms with Crippen molar-refractivity contribution < 1.29 is 13.3 Å². The molecule has 31 heavy (non-hydrogen) atoms. The summed E-state index contributed by atoms with van der Waals surface area (Å²) >= 11 is 0. The highest BCUT2D eigenvalue weighted by Gasteiger charge is 2.38. The Kier molecular flexibility index (Phi) is 8.98. The van der Waals surface area contributed by atoms with Crippen LogP contribution in [0.5, 0.6) is 0 Å². The second kappa shape index (κ2) is 10.5. The minimum Gasteiger partial charge on any atom is -0.415 e. The molecule has 2 aromatic rings. The molecule has 0 spiro atoms. The summed E-state index contributed by atoms with van der Waals surface area (Å²) in [7, 11) is -0.934. The van der Waals surface area contributed by atoms with Gasteiger partial charge in [-0.1, -0.05) is 59.7 Å². The van der Waals surface area contributed by atoms with Crippen LogP contribution in [0, 0.1) is 5.41 Å². The number of rotatable bonds is 11. The lowest BCUT2D eigenvalue weighted by Gasteiger charge is -2.39. The molecule has 1 atom stereocenters. The highest BCUT2D eigenvalue weighted by molar-refractivity contribution is 6.74. The lowest BCUT2D eigenvalue weighted by atomic mass is 9.75. The van der Waals surface area contributed by atoms with E-state index in [4.69, 9.17) is 13.3 Å². The molecule has 0 aliphatic carbocycles. The van der Waals surface area contributed by atoms with Crippen molar-refractivity contribution in [3.05, 3.63) is 36.0 Å². The normalized spacial score (nSPS) is 14.5. The van der Waals surface area contributed by atoms with Crippen molar-refractivity contribution in [3.8, 4) is 0 Å². The van der Waals surface area contributed by atoms with E-state index in [-0.39, 0.29) is 22.7 Å². The van der Waals surface area contributed by atoms with Gasteiger partial charge < -0.3 is 17.8 Å². The Bertz CT molecular complexity index is 836. The van der Waals surface area contributed by atoms with Gasteiger partial charge in [0.05, 0.1) is 12.1 Å². The zero-order valence-electron chi connectivity index (χ0n) is 21.1. The number of nitrogens with zero attached hydrogens (tertiary/aromatic N) is 1. The van der Waals surface area contributed by atoms with E-state index in [9.17, 15) is 0 Å². The van der Waals surface area contributed by atoms with Crippen molar-refractivity contribution in [2.24, 2.45) is 5.41 Å². The van der Waals surface area contributed by atoms with Crippen LogP contribution in [0.4, 0.5) is 0 Å². The quantitative estimate of drug-likeness (QED) is 0.275. The van der Waals surface area contributed by atoms with Crippen LogP contribution in [-0.4, -0.2) is 45.3 Å². The number of hydrogen-bond acceptors (Lipinski definition) is 3. The third-order valence-corrected chi connectivity index (χ3v) is 12.5. The highest BCUT2D eigenvalue weighted by Crippen LogP contribution is 2.42. The Morgan fingerprint density at radius 2 is 1.61 bits per heavy atom. The Hall–Kier alpha value is -0.709. The molecule has 4 radical (unpaired) electrons. The van der Waals surface area contributed by atoms with E-state index in [1.165, 1.54) is 16.5 Å². The summed E-state index contributed by atoms with van der Waals surface area (Å²) in [6.45, 7) is 24.1. The van der Waals surface area contributed by atoms with E-state index in [0.717, 1.165) is 13.2 Å². The molecule has 0 saturated heterocycles. The second-order valence-electron chi connectivity index (χ2n) is 10.4. The highest BCUT2D eigenvalue weighted by atomic mass is 28.4. The molecule has 7 heteroatoms. The molecule has 0 aliphatic rings. The molecule has 0 fully saturated rings. The van der Waals surface area contributed by atoms with Crippen molar-refractivity contribution in [1.29, 1.82) is 0 Å². The van der Waals surface area contributed by atoms with Crippen molar-refractivity contribution in [3.63, 3.8) is 0 Å². The maximum Gasteiger partial charge on any atom is 0.229 e. The van der Waals surface area contributed by atoms with Gasteiger partial charge in [0.15, 0.2) is 8.32 Å². The van der Waals surface area contributed by atoms with Gasteiger partial charge >= 0.3 is 0 Å². The summed E-state index contributed by atoms with van der Waals surface area (Å²) in [5, 5.41) is 1.50. The first kappa shape index (κ1) is 26.5. The summed E-state index contributed by atoms with van der Waals surface area (Å²) in [5.74, 6) is 0.267. The predicted molar refractivity (Wildman–Crippen MR) is 136 cm³/mol. The summed E-state index contributed by atoms with van der Waals surface area (Å²) in [4.78, 5) is 0. The Balaban J connectivity index is 2.32. The molecule has 1 aromatic carbocycles. The molecule has 0 aliphatic heterocycles. The fourth-order valence-corrected chi connectivity index (χ4v) is 5.85. The summed E-state index contributed by atoms with van der Waals surface area (Å²) in [6.07, 6.45) is 1.99. The number of para-hydroxylation sites is 1. The molecule has 1 heterocycles. The summed E-state index contributed by atoms with van der Waals surface area (Å²) < 4.78 is 20.9. The first-order valence-electron chi connectivity index (χ1n) is 11.2. The van der Waals surface area contributed by atoms with Crippen molar-refractivity contribution in [1.82, 2.24) is 4.57 Å². The zero-order valence-corrected chi connectivity index (χ0v) is 24.1. The van der Waals surface area contributed by atoms with Crippen LogP contribution in [0.2, 0.25) is 31.2 Å². The van der Waals surface area contributed by atoms with Gasteiger partial charge in [-0.2, -0.15) is 0 Å². The Morgan fingerprint density at radius 3 is 2.16 bits per heavy atom. The van der Waals surface area contributed by atoms with E-state index in [1.807, 2.05) is 0 Å². The van der Waals surface area contributed by atoms with Crippen LogP contribution in [0.25, 0.3) is 10.9 Å². The molecule has 4 nitrogen and oxygen atoms in total. The Morgan fingerprint density at radius 1 is 1.00 bits per heavy atom. The van der Waals surface area contributed by atoms with Crippen LogP contribution in [-0.2, 0) is 19.8 Å². The SMILES string of the molecule is C[Si]OC(O[Si]C)C(C)(C)C(C)c1cccc2ccn(CCO[Si](C)(C)C(C)(C)C)c12. The van der Waals surface area contributed by atoms with Crippen LogP contribution < -0.4 is 0 Å². The van der Waals surface area contributed by atoms with Crippen LogP contribution in [0.15, 0.2) is 30.5 Å². The van der Waals surface area contributed by atoms with Gasteiger partial charge in [-0.15, -0.1) is 0 Å². The third-order valence-electron chi connectivity index (χ3n) is 7.06. The molecule has 172 valence electrons. The zero-order chi connectivity index (χ0) is 23.4. The number of aromatic nitrogens is 1. The largest absolute Gasteiger partial charge is 0.415 e. The van der Waals surface area contributed by atoms with E-state index in [0.29, 0.717) is 19.5 Å². The first-order valence-corrected chi connectivity index (χ1v) is 17.0. The minimum atomic E-state index is -1.75. The van der Waals surface area contributed by atoms with Gasteiger partial charge in [-0.05, 0) is 54.2 Å². The van der Waals surface area contributed by atoms with E-state index in [1.54, 1.807) is 0 Å². The number of benzene rings is 1. The van der Waals surface area contributed by atoms with Crippen molar-refractivity contribution in [2.75, 3.05) is 6.61 Å². The average molecular weight is 476 g/mol. The average Bonchev–Trinajstić information content (AvgIpc) is 3.09. The fraction of sp³-hybridized carbons (Fsp3) is 0.667. The van der Waals surface area contributed by atoms with Crippen molar-refractivity contribution >= 4 is 38.7 Å². The van der Waals surface area contributed by atoms with Gasteiger partial charge in [0.1, 0.15) is 6.29 Å². The smallest absolute Gasteiger partial charge is 0.229 e. The van der Waals surface area contributed by atoms with E-state index in [2.05, 4.69) is 103 Å². The Labute approximate surface area is 196 Å². The van der Waals surface area contributed by atoms with Gasteiger partial charge in [0.25, 0.3) is 0 Å².